The average Bonchev–Trinajstić information content (AvgIpc) is 2.32. The predicted octanol–water partition coefficient (Wildman–Crippen LogP) is 0.108. The lowest BCUT2D eigenvalue weighted by atomic mass is 10.2. The second-order valence-corrected chi connectivity index (χ2v) is 5.97. The standard InChI is InChI=1S/C14H15NO2S.FH/c1-11-3-7-13(8-4-11)15-18(16,17)14-9-5-12(2)6-10-14;/h3-10,15H,1-2H3;1H/p-1. The van der Waals surface area contributed by atoms with Crippen LogP contribution in [0.1, 0.15) is 11.1 Å². The van der Waals surface area contributed by atoms with Crippen LogP contribution in [0, 0.1) is 13.8 Å². The van der Waals surface area contributed by atoms with Crippen LogP contribution in [0.5, 0.6) is 0 Å². The lowest BCUT2D eigenvalue weighted by molar-refractivity contribution is -0.00000618. The van der Waals surface area contributed by atoms with Crippen molar-refractivity contribution in [1.29, 1.82) is 0 Å². The van der Waals surface area contributed by atoms with Crippen LogP contribution in [0.3, 0.4) is 0 Å². The first kappa shape index (κ1) is 15.2. The third-order valence-corrected chi connectivity index (χ3v) is 4.03. The zero-order chi connectivity index (χ0) is 13.2. The maximum absolute atomic E-state index is 12.1. The van der Waals surface area contributed by atoms with Crippen LogP contribution in [-0.2, 0) is 10.0 Å². The minimum Gasteiger partial charge on any atom is -1.00 e. The van der Waals surface area contributed by atoms with E-state index in [-0.39, 0.29) is 9.60 Å². The second kappa shape index (κ2) is 5.84. The minimum absolute atomic E-state index is 0. The van der Waals surface area contributed by atoms with Gasteiger partial charge in [-0.1, -0.05) is 35.4 Å². The van der Waals surface area contributed by atoms with E-state index in [1.165, 1.54) is 0 Å². The molecule has 0 spiro atoms. The first-order valence-electron chi connectivity index (χ1n) is 5.63. The quantitative estimate of drug-likeness (QED) is 0.867. The van der Waals surface area contributed by atoms with Gasteiger partial charge in [0.15, 0.2) is 0 Å². The highest BCUT2D eigenvalue weighted by atomic mass is 32.2. The molecule has 1 N–H and O–H groups in total. The van der Waals surface area contributed by atoms with E-state index in [0.717, 1.165) is 11.1 Å². The number of aryl methyl sites for hydroxylation is 2. The van der Waals surface area contributed by atoms with Crippen molar-refractivity contribution in [2.45, 2.75) is 18.7 Å². The van der Waals surface area contributed by atoms with E-state index in [0.29, 0.717) is 5.69 Å². The van der Waals surface area contributed by atoms with Gasteiger partial charge in [0.05, 0.1) is 4.90 Å². The molecule has 2 rings (SSSR count). The number of hydrogen-bond donors (Lipinski definition) is 1. The Morgan fingerprint density at radius 3 is 1.68 bits per heavy atom. The van der Waals surface area contributed by atoms with E-state index >= 15 is 0 Å². The second-order valence-electron chi connectivity index (χ2n) is 4.28. The van der Waals surface area contributed by atoms with Crippen molar-refractivity contribution < 1.29 is 13.1 Å². The fourth-order valence-electron chi connectivity index (χ4n) is 1.55. The molecule has 0 aliphatic rings. The first-order valence-corrected chi connectivity index (χ1v) is 7.12. The summed E-state index contributed by atoms with van der Waals surface area (Å²) >= 11 is 0. The molecule has 5 heteroatoms. The molecule has 0 aliphatic heterocycles. The van der Waals surface area contributed by atoms with Gasteiger partial charge in [0.25, 0.3) is 10.0 Å². The zero-order valence-corrected chi connectivity index (χ0v) is 11.5. The van der Waals surface area contributed by atoms with Crippen molar-refractivity contribution in [3.05, 3.63) is 59.7 Å². The molecule has 0 bridgehead atoms. The van der Waals surface area contributed by atoms with E-state index in [1.54, 1.807) is 36.4 Å². The van der Waals surface area contributed by atoms with Gasteiger partial charge in [-0.3, -0.25) is 4.72 Å². The Kier molecular flexibility index (Phi) is 4.67. The molecule has 0 aliphatic carbocycles. The topological polar surface area (TPSA) is 46.2 Å². The van der Waals surface area contributed by atoms with E-state index in [9.17, 15) is 8.42 Å². The molecule has 0 saturated carbocycles. The normalized spacial score (nSPS) is 10.6. The molecule has 3 nitrogen and oxygen atoms in total. The first-order chi connectivity index (χ1) is 8.47. The van der Waals surface area contributed by atoms with Crippen molar-refractivity contribution >= 4 is 15.7 Å². The number of rotatable bonds is 3. The van der Waals surface area contributed by atoms with Crippen molar-refractivity contribution in [2.24, 2.45) is 0 Å². The molecule has 0 aromatic heterocycles. The maximum atomic E-state index is 12.1. The number of nitrogens with one attached hydrogen (secondary N) is 1. The van der Waals surface area contributed by atoms with Crippen molar-refractivity contribution in [3.8, 4) is 0 Å². The molecule has 0 heterocycles. The van der Waals surface area contributed by atoms with Crippen LogP contribution >= 0.6 is 0 Å². The Hall–Kier alpha value is -1.88. The van der Waals surface area contributed by atoms with Gasteiger partial charge in [-0.2, -0.15) is 0 Å². The van der Waals surface area contributed by atoms with Crippen LogP contribution in [0.25, 0.3) is 0 Å². The van der Waals surface area contributed by atoms with E-state index in [4.69, 9.17) is 0 Å². The van der Waals surface area contributed by atoms with Crippen LogP contribution in [-0.4, -0.2) is 8.42 Å². The van der Waals surface area contributed by atoms with E-state index in [1.807, 2.05) is 26.0 Å². The maximum Gasteiger partial charge on any atom is 0.261 e. The minimum atomic E-state index is -3.49. The van der Waals surface area contributed by atoms with Gasteiger partial charge in [-0.15, -0.1) is 0 Å². The molecule has 0 fully saturated rings. The van der Waals surface area contributed by atoms with Gasteiger partial charge in [0.1, 0.15) is 0 Å². The van der Waals surface area contributed by atoms with Crippen LogP contribution in [0.15, 0.2) is 53.4 Å². The fraction of sp³-hybridized carbons (Fsp3) is 0.143. The molecular weight excluding hydrogens is 265 g/mol. The van der Waals surface area contributed by atoms with Crippen molar-refractivity contribution in [3.63, 3.8) is 0 Å². The van der Waals surface area contributed by atoms with E-state index in [2.05, 4.69) is 4.72 Å². The summed E-state index contributed by atoms with van der Waals surface area (Å²) in [5.74, 6) is 0. The average molecular weight is 280 g/mol. The monoisotopic (exact) mass is 280 g/mol. The Labute approximate surface area is 112 Å². The Balaban J connectivity index is 0.00000180. The molecule has 2 aromatic rings. The SMILES string of the molecule is Cc1ccc(NS(=O)(=O)c2ccc(C)cc2)cc1.[F-]. The van der Waals surface area contributed by atoms with Crippen LogP contribution < -0.4 is 9.43 Å². The fourth-order valence-corrected chi connectivity index (χ4v) is 2.61. The third kappa shape index (κ3) is 3.79. The number of halogens is 1. The number of hydrogen-bond acceptors (Lipinski definition) is 2. The summed E-state index contributed by atoms with van der Waals surface area (Å²) in [5, 5.41) is 0. The Morgan fingerprint density at radius 2 is 1.21 bits per heavy atom. The molecule has 19 heavy (non-hydrogen) atoms. The van der Waals surface area contributed by atoms with Crippen LogP contribution in [0.4, 0.5) is 5.69 Å². The van der Waals surface area contributed by atoms with E-state index < -0.39 is 10.0 Å². The molecule has 102 valence electrons. The van der Waals surface area contributed by atoms with Crippen LogP contribution in [0.2, 0.25) is 0 Å². The summed E-state index contributed by atoms with van der Waals surface area (Å²) in [6.07, 6.45) is 0. The zero-order valence-electron chi connectivity index (χ0n) is 10.7. The summed E-state index contributed by atoms with van der Waals surface area (Å²) in [7, 11) is -3.49. The Morgan fingerprint density at radius 1 is 0.789 bits per heavy atom. The van der Waals surface area contributed by atoms with Crippen molar-refractivity contribution in [1.82, 2.24) is 0 Å². The molecular formula is C14H15FNO2S-. The molecule has 0 atom stereocenters. The molecule has 2 aromatic carbocycles. The lowest BCUT2D eigenvalue weighted by Crippen LogP contribution is -3.00. The summed E-state index contributed by atoms with van der Waals surface area (Å²) in [6, 6.07) is 14.0. The highest BCUT2D eigenvalue weighted by Gasteiger charge is 2.13. The van der Waals surface area contributed by atoms with Gasteiger partial charge in [-0.05, 0) is 38.1 Å². The predicted molar refractivity (Wildman–Crippen MR) is 73.2 cm³/mol. The summed E-state index contributed by atoms with van der Waals surface area (Å²) in [4.78, 5) is 0.272. The Bertz CT molecular complexity index is 634. The summed E-state index contributed by atoms with van der Waals surface area (Å²) in [5.41, 5.74) is 2.69. The van der Waals surface area contributed by atoms with Gasteiger partial charge in [-0.25, -0.2) is 8.42 Å². The van der Waals surface area contributed by atoms with Gasteiger partial charge < -0.3 is 4.70 Å². The molecule has 0 amide bonds. The highest BCUT2D eigenvalue weighted by Crippen LogP contribution is 2.16. The van der Waals surface area contributed by atoms with Gasteiger partial charge in [0.2, 0.25) is 0 Å². The number of sulfonamides is 1. The number of anilines is 1. The van der Waals surface area contributed by atoms with Gasteiger partial charge in [0, 0.05) is 5.69 Å². The summed E-state index contributed by atoms with van der Waals surface area (Å²) in [6.45, 7) is 3.88. The smallest absolute Gasteiger partial charge is 0.261 e. The molecule has 0 radical (unpaired) electrons. The lowest BCUT2D eigenvalue weighted by Gasteiger charge is -2.08. The summed E-state index contributed by atoms with van der Waals surface area (Å²) < 4.78 is 26.7. The number of benzene rings is 2. The third-order valence-electron chi connectivity index (χ3n) is 2.64. The highest BCUT2D eigenvalue weighted by molar-refractivity contribution is 7.92. The van der Waals surface area contributed by atoms with Gasteiger partial charge >= 0.3 is 0 Å². The van der Waals surface area contributed by atoms with Crippen molar-refractivity contribution in [2.75, 3.05) is 4.72 Å². The molecule has 0 unspecified atom stereocenters. The largest absolute Gasteiger partial charge is 1.00 e. The molecule has 0 saturated heterocycles.